The molecule has 0 atom stereocenters. The highest BCUT2D eigenvalue weighted by molar-refractivity contribution is 5.84. The number of rotatable bonds is 3. The van der Waals surface area contributed by atoms with E-state index in [0.29, 0.717) is 0 Å². The minimum Gasteiger partial charge on any atom is -0.306 e. The minimum absolute atomic E-state index is 0.00170. The van der Waals surface area contributed by atoms with Gasteiger partial charge in [-0.15, -0.1) is 5.43 Å². The summed E-state index contributed by atoms with van der Waals surface area (Å²) in [6.07, 6.45) is 3.39. The zero-order valence-electron chi connectivity index (χ0n) is 13.2. The molecule has 2 aliphatic rings. The summed E-state index contributed by atoms with van der Waals surface area (Å²) in [5.41, 5.74) is 6.31. The predicted octanol–water partition coefficient (Wildman–Crippen LogP) is 0.222. The van der Waals surface area contributed by atoms with Crippen LogP contribution in [0.5, 0.6) is 0 Å². The SMILES string of the molecule is CCN1CCC(C(=O)N[N]C(=O)C2CCN(C)CC2)CC1. The molecule has 2 fully saturated rings. The average Bonchev–Trinajstić information content (AvgIpc) is 2.53. The van der Waals surface area contributed by atoms with E-state index in [1.54, 1.807) is 0 Å². The number of piperidine rings is 2. The quantitative estimate of drug-likeness (QED) is 0.757. The van der Waals surface area contributed by atoms with Gasteiger partial charge in [0.1, 0.15) is 0 Å². The second-order valence-corrected chi connectivity index (χ2v) is 6.21. The summed E-state index contributed by atoms with van der Waals surface area (Å²) in [4.78, 5) is 28.6. The first kappa shape index (κ1) is 16.2. The van der Waals surface area contributed by atoms with Crippen molar-refractivity contribution >= 4 is 11.8 Å². The van der Waals surface area contributed by atoms with Crippen molar-refractivity contribution in [2.24, 2.45) is 11.8 Å². The Bertz CT molecular complexity index is 359. The molecule has 6 nitrogen and oxygen atoms in total. The van der Waals surface area contributed by atoms with Crippen LogP contribution >= 0.6 is 0 Å². The van der Waals surface area contributed by atoms with Crippen LogP contribution in [0.15, 0.2) is 0 Å². The van der Waals surface area contributed by atoms with Crippen LogP contribution in [0.2, 0.25) is 0 Å². The van der Waals surface area contributed by atoms with Gasteiger partial charge in [0, 0.05) is 11.8 Å². The second-order valence-electron chi connectivity index (χ2n) is 6.21. The Kier molecular flexibility index (Phi) is 5.99. The Morgan fingerprint density at radius 1 is 1.05 bits per heavy atom. The molecule has 2 aliphatic heterocycles. The zero-order chi connectivity index (χ0) is 15.2. The van der Waals surface area contributed by atoms with Gasteiger partial charge in [-0.3, -0.25) is 9.59 Å². The summed E-state index contributed by atoms with van der Waals surface area (Å²) in [7, 11) is 2.06. The summed E-state index contributed by atoms with van der Waals surface area (Å²) in [5, 5.41) is 0. The third-order valence-corrected chi connectivity index (χ3v) is 4.75. The maximum absolute atomic E-state index is 12.0. The highest BCUT2D eigenvalue weighted by Gasteiger charge is 2.27. The molecule has 2 saturated heterocycles. The normalized spacial score (nSPS) is 23.0. The second kappa shape index (κ2) is 7.75. The number of carbonyl (C=O) groups excluding carboxylic acids is 2. The Hall–Kier alpha value is -1.14. The van der Waals surface area contributed by atoms with Gasteiger partial charge >= 0.3 is 0 Å². The lowest BCUT2D eigenvalue weighted by atomic mass is 9.96. The molecule has 2 amide bonds. The summed E-state index contributed by atoms with van der Waals surface area (Å²) in [6.45, 7) is 6.93. The standard InChI is InChI=1S/C15H27N4O2/c1-3-19-10-6-13(7-11-19)15(21)17-16-14(20)12-4-8-18(2)9-5-12/h12-13H,3-11H2,1-2H3,(H,17,21). The highest BCUT2D eigenvalue weighted by Crippen LogP contribution is 2.18. The molecule has 0 spiro atoms. The van der Waals surface area contributed by atoms with Crippen molar-refractivity contribution in [1.29, 1.82) is 0 Å². The molecule has 21 heavy (non-hydrogen) atoms. The van der Waals surface area contributed by atoms with Gasteiger partial charge in [0.05, 0.1) is 0 Å². The minimum atomic E-state index is -0.164. The van der Waals surface area contributed by atoms with E-state index in [9.17, 15) is 9.59 Å². The van der Waals surface area contributed by atoms with Gasteiger partial charge in [-0.05, 0) is 65.5 Å². The lowest BCUT2D eigenvalue weighted by Gasteiger charge is -2.30. The lowest BCUT2D eigenvalue weighted by molar-refractivity contribution is -0.134. The van der Waals surface area contributed by atoms with Crippen LogP contribution in [0, 0.1) is 11.8 Å². The van der Waals surface area contributed by atoms with Crippen LogP contribution < -0.4 is 10.9 Å². The molecule has 0 aromatic carbocycles. The fraction of sp³-hybridized carbons (Fsp3) is 0.867. The van der Waals surface area contributed by atoms with E-state index in [2.05, 4.69) is 34.6 Å². The first-order valence-corrected chi connectivity index (χ1v) is 8.05. The topological polar surface area (TPSA) is 66.8 Å². The van der Waals surface area contributed by atoms with E-state index in [0.717, 1.165) is 58.4 Å². The number of likely N-dealkylation sites (tertiary alicyclic amines) is 2. The van der Waals surface area contributed by atoms with Gasteiger partial charge in [0.2, 0.25) is 5.91 Å². The van der Waals surface area contributed by atoms with E-state index in [1.807, 2.05) is 0 Å². The van der Waals surface area contributed by atoms with Crippen molar-refractivity contribution in [2.45, 2.75) is 32.6 Å². The van der Waals surface area contributed by atoms with Crippen molar-refractivity contribution in [3.8, 4) is 0 Å². The lowest BCUT2D eigenvalue weighted by Crippen LogP contribution is -2.46. The number of hydrogen-bond donors (Lipinski definition) is 1. The fourth-order valence-electron chi connectivity index (χ4n) is 3.06. The first-order valence-electron chi connectivity index (χ1n) is 8.05. The van der Waals surface area contributed by atoms with Gasteiger partial charge in [-0.25, -0.2) is 5.43 Å². The molecule has 1 N–H and O–H groups in total. The van der Waals surface area contributed by atoms with Gasteiger partial charge in [-0.2, -0.15) is 0 Å². The van der Waals surface area contributed by atoms with Crippen LogP contribution in [-0.2, 0) is 9.59 Å². The van der Waals surface area contributed by atoms with Crippen molar-refractivity contribution in [2.75, 3.05) is 39.8 Å². The molecule has 119 valence electrons. The molecule has 0 aliphatic carbocycles. The van der Waals surface area contributed by atoms with Gasteiger partial charge in [0.15, 0.2) is 0 Å². The summed E-state index contributed by atoms with van der Waals surface area (Å²) in [6, 6.07) is 0. The van der Waals surface area contributed by atoms with Gasteiger partial charge in [0.25, 0.3) is 5.91 Å². The fourth-order valence-corrected chi connectivity index (χ4v) is 3.06. The first-order chi connectivity index (χ1) is 10.1. The Labute approximate surface area is 127 Å². The van der Waals surface area contributed by atoms with Gasteiger partial charge in [-0.1, -0.05) is 6.92 Å². The van der Waals surface area contributed by atoms with Crippen LogP contribution in [0.4, 0.5) is 0 Å². The molecule has 2 rings (SSSR count). The highest BCUT2D eigenvalue weighted by atomic mass is 16.2. The van der Waals surface area contributed by atoms with Crippen LogP contribution in [0.3, 0.4) is 0 Å². The number of nitrogens with one attached hydrogen (secondary N) is 1. The third-order valence-electron chi connectivity index (χ3n) is 4.75. The Balaban J connectivity index is 1.68. The molecule has 0 aromatic rings. The van der Waals surface area contributed by atoms with Crippen molar-refractivity contribution in [3.63, 3.8) is 0 Å². The maximum Gasteiger partial charge on any atom is 0.265 e. The molecule has 0 aromatic heterocycles. The summed E-state index contributed by atoms with van der Waals surface area (Å²) < 4.78 is 0. The van der Waals surface area contributed by atoms with Crippen molar-refractivity contribution < 1.29 is 9.59 Å². The molecule has 2 heterocycles. The molecule has 6 heteroatoms. The van der Waals surface area contributed by atoms with E-state index >= 15 is 0 Å². The zero-order valence-corrected chi connectivity index (χ0v) is 13.2. The van der Waals surface area contributed by atoms with Crippen LogP contribution in [0.25, 0.3) is 0 Å². The number of nitrogens with zero attached hydrogens (tertiary/aromatic N) is 3. The van der Waals surface area contributed by atoms with Crippen LogP contribution in [-0.4, -0.2) is 61.4 Å². The van der Waals surface area contributed by atoms with E-state index in [1.165, 1.54) is 0 Å². The number of hydrogen-bond acceptors (Lipinski definition) is 4. The van der Waals surface area contributed by atoms with E-state index in [4.69, 9.17) is 0 Å². The predicted molar refractivity (Wildman–Crippen MR) is 80.3 cm³/mol. The molecular weight excluding hydrogens is 268 g/mol. The van der Waals surface area contributed by atoms with Crippen molar-refractivity contribution in [1.82, 2.24) is 20.7 Å². The summed E-state index contributed by atoms with van der Waals surface area (Å²) >= 11 is 0. The Morgan fingerprint density at radius 2 is 1.62 bits per heavy atom. The monoisotopic (exact) mass is 295 g/mol. The maximum atomic E-state index is 12.0. The molecule has 0 saturated carbocycles. The molecule has 0 bridgehead atoms. The molecule has 1 radical (unpaired) electrons. The van der Waals surface area contributed by atoms with E-state index in [-0.39, 0.29) is 23.7 Å². The van der Waals surface area contributed by atoms with Crippen molar-refractivity contribution in [3.05, 3.63) is 0 Å². The van der Waals surface area contributed by atoms with Crippen LogP contribution in [0.1, 0.15) is 32.6 Å². The number of carbonyl (C=O) groups is 2. The smallest absolute Gasteiger partial charge is 0.265 e. The Morgan fingerprint density at radius 3 is 2.19 bits per heavy atom. The van der Waals surface area contributed by atoms with E-state index < -0.39 is 0 Å². The third kappa shape index (κ3) is 4.68. The molecular formula is C15H27N4O2. The molecule has 0 unspecified atom stereocenters. The summed E-state index contributed by atoms with van der Waals surface area (Å²) in [5.74, 6) is -0.278. The van der Waals surface area contributed by atoms with Gasteiger partial charge < -0.3 is 9.80 Å². The average molecular weight is 295 g/mol. The number of amides is 2. The largest absolute Gasteiger partial charge is 0.306 e.